The molecule has 0 spiro atoms. The summed E-state index contributed by atoms with van der Waals surface area (Å²) < 4.78 is 0. The van der Waals surface area contributed by atoms with Gasteiger partial charge in [-0.25, -0.2) is 0 Å². The van der Waals surface area contributed by atoms with Gasteiger partial charge in [-0.3, -0.25) is 4.79 Å². The number of fused-ring (bicyclic) bond motifs is 1. The van der Waals surface area contributed by atoms with Gasteiger partial charge in [-0.05, 0) is 12.8 Å². The molecule has 1 saturated carbocycles. The number of rotatable bonds is 0. The van der Waals surface area contributed by atoms with Crippen LogP contribution in [0.5, 0.6) is 0 Å². The van der Waals surface area contributed by atoms with Crippen LogP contribution >= 0.6 is 0 Å². The number of carbonyl (C=O) groups excluding carboxylic acids is 1. The van der Waals surface area contributed by atoms with Crippen LogP contribution < -0.4 is 5.32 Å². The molecular weight excluding hydrogens is 154 g/mol. The zero-order valence-corrected chi connectivity index (χ0v) is 6.92. The van der Waals surface area contributed by atoms with E-state index < -0.39 is 0 Å². The SMILES string of the molecule is O=C1C=C(O)[C@@H]2CCCC[C@H]2N1. The van der Waals surface area contributed by atoms with Gasteiger partial charge in [0.25, 0.3) is 0 Å². The maximum atomic E-state index is 11.0. The lowest BCUT2D eigenvalue weighted by Crippen LogP contribution is -2.45. The highest BCUT2D eigenvalue weighted by Gasteiger charge is 2.32. The summed E-state index contributed by atoms with van der Waals surface area (Å²) in [5.41, 5.74) is 0. The van der Waals surface area contributed by atoms with Gasteiger partial charge < -0.3 is 10.4 Å². The maximum Gasteiger partial charge on any atom is 0.247 e. The van der Waals surface area contributed by atoms with E-state index in [1.54, 1.807) is 0 Å². The minimum Gasteiger partial charge on any atom is -0.512 e. The first-order chi connectivity index (χ1) is 5.77. The Morgan fingerprint density at radius 3 is 3.00 bits per heavy atom. The molecule has 2 aliphatic rings. The Morgan fingerprint density at radius 1 is 1.42 bits per heavy atom. The lowest BCUT2D eigenvalue weighted by atomic mass is 9.81. The Kier molecular flexibility index (Phi) is 1.79. The van der Waals surface area contributed by atoms with E-state index in [9.17, 15) is 9.90 Å². The highest BCUT2D eigenvalue weighted by Crippen LogP contribution is 2.30. The van der Waals surface area contributed by atoms with Crippen molar-refractivity contribution in [2.45, 2.75) is 31.7 Å². The molecule has 0 aromatic rings. The highest BCUT2D eigenvalue weighted by molar-refractivity contribution is 5.89. The molecule has 1 aliphatic heterocycles. The summed E-state index contributed by atoms with van der Waals surface area (Å²) in [5.74, 6) is 0.329. The van der Waals surface area contributed by atoms with Gasteiger partial charge in [-0.1, -0.05) is 12.8 Å². The summed E-state index contributed by atoms with van der Waals surface area (Å²) in [6.07, 6.45) is 5.65. The molecule has 1 heterocycles. The van der Waals surface area contributed by atoms with E-state index in [1.165, 1.54) is 6.08 Å². The molecule has 0 saturated heterocycles. The second-order valence-corrected chi connectivity index (χ2v) is 3.58. The van der Waals surface area contributed by atoms with E-state index in [2.05, 4.69) is 5.32 Å². The fourth-order valence-electron chi connectivity index (χ4n) is 2.12. The van der Waals surface area contributed by atoms with E-state index in [0.29, 0.717) is 0 Å². The van der Waals surface area contributed by atoms with Crippen LogP contribution in [0.25, 0.3) is 0 Å². The van der Waals surface area contributed by atoms with Gasteiger partial charge in [0.2, 0.25) is 5.91 Å². The lowest BCUT2D eigenvalue weighted by molar-refractivity contribution is -0.118. The van der Waals surface area contributed by atoms with Crippen LogP contribution in [0.1, 0.15) is 25.7 Å². The van der Waals surface area contributed by atoms with Crippen molar-refractivity contribution < 1.29 is 9.90 Å². The normalized spacial score (nSPS) is 35.0. The molecule has 1 amide bonds. The van der Waals surface area contributed by atoms with E-state index in [-0.39, 0.29) is 23.6 Å². The maximum absolute atomic E-state index is 11.0. The molecule has 0 bridgehead atoms. The molecule has 2 N–H and O–H groups in total. The third-order valence-corrected chi connectivity index (χ3v) is 2.75. The van der Waals surface area contributed by atoms with Gasteiger partial charge in [-0.2, -0.15) is 0 Å². The molecule has 3 nitrogen and oxygen atoms in total. The minimum atomic E-state index is -0.143. The topological polar surface area (TPSA) is 49.3 Å². The predicted molar refractivity (Wildman–Crippen MR) is 44.6 cm³/mol. The fourth-order valence-corrected chi connectivity index (χ4v) is 2.12. The third kappa shape index (κ3) is 1.19. The average molecular weight is 167 g/mol. The van der Waals surface area contributed by atoms with Gasteiger partial charge in [0.15, 0.2) is 0 Å². The Labute approximate surface area is 71.5 Å². The Hall–Kier alpha value is -0.990. The zero-order valence-electron chi connectivity index (χ0n) is 6.92. The second kappa shape index (κ2) is 2.81. The first-order valence-electron chi connectivity index (χ1n) is 4.48. The quantitative estimate of drug-likeness (QED) is 0.568. The summed E-state index contributed by atoms with van der Waals surface area (Å²) >= 11 is 0. The minimum absolute atomic E-state index is 0.143. The second-order valence-electron chi connectivity index (χ2n) is 3.58. The number of hydrogen-bond donors (Lipinski definition) is 2. The Morgan fingerprint density at radius 2 is 2.17 bits per heavy atom. The lowest BCUT2D eigenvalue weighted by Gasteiger charge is -2.34. The molecular formula is C9H13NO2. The van der Waals surface area contributed by atoms with Crippen LogP contribution in [0.3, 0.4) is 0 Å². The molecule has 66 valence electrons. The van der Waals surface area contributed by atoms with Crippen LogP contribution in [-0.4, -0.2) is 17.1 Å². The van der Waals surface area contributed by atoms with Gasteiger partial charge in [0, 0.05) is 18.0 Å². The molecule has 12 heavy (non-hydrogen) atoms. The number of amides is 1. The molecule has 3 heteroatoms. The van der Waals surface area contributed by atoms with Gasteiger partial charge in [-0.15, -0.1) is 0 Å². The van der Waals surface area contributed by atoms with Crippen molar-refractivity contribution in [3.05, 3.63) is 11.8 Å². The zero-order chi connectivity index (χ0) is 8.55. The van der Waals surface area contributed by atoms with Crippen molar-refractivity contribution in [1.29, 1.82) is 0 Å². The smallest absolute Gasteiger partial charge is 0.247 e. The average Bonchev–Trinajstić information content (AvgIpc) is 2.04. The van der Waals surface area contributed by atoms with E-state index in [1.807, 2.05) is 0 Å². The van der Waals surface area contributed by atoms with Gasteiger partial charge >= 0.3 is 0 Å². The molecule has 0 unspecified atom stereocenters. The summed E-state index contributed by atoms with van der Waals surface area (Å²) in [7, 11) is 0. The molecule has 0 aromatic heterocycles. The van der Waals surface area contributed by atoms with E-state index >= 15 is 0 Å². The molecule has 1 aliphatic carbocycles. The van der Waals surface area contributed by atoms with Crippen LogP contribution in [-0.2, 0) is 4.79 Å². The van der Waals surface area contributed by atoms with Crippen LogP contribution in [0.2, 0.25) is 0 Å². The summed E-state index contributed by atoms with van der Waals surface area (Å²) in [4.78, 5) is 11.0. The Balaban J connectivity index is 2.19. The van der Waals surface area contributed by atoms with E-state index in [0.717, 1.165) is 25.7 Å². The fraction of sp³-hybridized carbons (Fsp3) is 0.667. The van der Waals surface area contributed by atoms with Crippen molar-refractivity contribution in [3.63, 3.8) is 0 Å². The highest BCUT2D eigenvalue weighted by atomic mass is 16.3. The van der Waals surface area contributed by atoms with Gasteiger partial charge in [0.1, 0.15) is 5.76 Å². The molecule has 2 rings (SSSR count). The van der Waals surface area contributed by atoms with Crippen molar-refractivity contribution in [3.8, 4) is 0 Å². The van der Waals surface area contributed by atoms with Crippen LogP contribution in [0.15, 0.2) is 11.8 Å². The first-order valence-corrected chi connectivity index (χ1v) is 4.48. The molecule has 0 aromatic carbocycles. The van der Waals surface area contributed by atoms with Crippen LogP contribution in [0, 0.1) is 5.92 Å². The first kappa shape index (κ1) is 7.65. The number of carbonyl (C=O) groups is 1. The number of aliphatic hydroxyl groups is 1. The summed E-state index contributed by atoms with van der Waals surface area (Å²) in [6.45, 7) is 0. The largest absolute Gasteiger partial charge is 0.512 e. The number of aliphatic hydroxyl groups excluding tert-OH is 1. The molecule has 0 radical (unpaired) electrons. The number of hydrogen-bond acceptors (Lipinski definition) is 2. The van der Waals surface area contributed by atoms with Crippen molar-refractivity contribution >= 4 is 5.91 Å². The monoisotopic (exact) mass is 167 g/mol. The van der Waals surface area contributed by atoms with Gasteiger partial charge in [0.05, 0.1) is 0 Å². The molecule has 2 atom stereocenters. The standard InChI is InChI=1S/C9H13NO2/c11-8-5-9(12)10-7-4-2-1-3-6(7)8/h5-7,11H,1-4H2,(H,10,12)/t6-,7-/m1/s1. The summed E-state index contributed by atoms with van der Waals surface area (Å²) in [6, 6.07) is 0.191. The predicted octanol–water partition coefficient (Wildman–Crippen LogP) is 1.12. The Bertz CT molecular complexity index is 235. The van der Waals surface area contributed by atoms with Crippen molar-refractivity contribution in [2.75, 3.05) is 0 Å². The van der Waals surface area contributed by atoms with E-state index in [4.69, 9.17) is 0 Å². The van der Waals surface area contributed by atoms with Crippen molar-refractivity contribution in [1.82, 2.24) is 5.32 Å². The van der Waals surface area contributed by atoms with Crippen LogP contribution in [0.4, 0.5) is 0 Å². The summed E-state index contributed by atoms with van der Waals surface area (Å²) in [5, 5.41) is 12.3. The van der Waals surface area contributed by atoms with Crippen molar-refractivity contribution in [2.24, 2.45) is 5.92 Å². The third-order valence-electron chi connectivity index (χ3n) is 2.75. The number of nitrogens with one attached hydrogen (secondary N) is 1. The molecule has 1 fully saturated rings.